The first-order valence-electron chi connectivity index (χ1n) is 8.90. The van der Waals surface area contributed by atoms with Crippen LogP contribution in [0.1, 0.15) is 37.4 Å². The summed E-state index contributed by atoms with van der Waals surface area (Å²) in [5, 5.41) is 6.15. The molecule has 0 radical (unpaired) electrons. The third kappa shape index (κ3) is 3.30. The van der Waals surface area contributed by atoms with Crippen LogP contribution in [0.4, 0.5) is 4.39 Å². The molecule has 1 aliphatic rings. The van der Waals surface area contributed by atoms with Crippen LogP contribution < -0.4 is 0 Å². The Kier molecular flexibility index (Phi) is 4.39. The summed E-state index contributed by atoms with van der Waals surface area (Å²) >= 11 is 0. The van der Waals surface area contributed by atoms with Gasteiger partial charge in [-0.05, 0) is 35.4 Å². The Morgan fingerprint density at radius 1 is 1.07 bits per heavy atom. The fraction of sp³-hybridized carbons (Fsp3) is 0.238. The summed E-state index contributed by atoms with van der Waals surface area (Å²) in [5.74, 6) is -0.516. The van der Waals surface area contributed by atoms with E-state index < -0.39 is 0 Å². The van der Waals surface area contributed by atoms with Crippen molar-refractivity contribution >= 4 is 22.7 Å². The predicted octanol–water partition coefficient (Wildman–Crippen LogP) is 4.10. The smallest absolute Gasteiger partial charge is 0.245 e. The number of aromatic nitrogens is 2. The molecule has 0 fully saturated rings. The van der Waals surface area contributed by atoms with E-state index in [2.05, 4.69) is 15.1 Å². The van der Waals surface area contributed by atoms with Crippen molar-refractivity contribution < 1.29 is 9.18 Å². The summed E-state index contributed by atoms with van der Waals surface area (Å²) in [6, 6.07) is 11.8. The highest BCUT2D eigenvalue weighted by atomic mass is 19.1. The van der Waals surface area contributed by atoms with Crippen LogP contribution in [0.3, 0.4) is 0 Å². The van der Waals surface area contributed by atoms with Gasteiger partial charge in [-0.3, -0.25) is 14.8 Å². The molecule has 1 aromatic heterocycles. The first-order valence-corrected chi connectivity index (χ1v) is 8.90. The van der Waals surface area contributed by atoms with Gasteiger partial charge in [0, 0.05) is 24.7 Å². The number of hydrogen-bond acceptors (Lipinski definition) is 4. The monoisotopic (exact) mass is 362 g/mol. The Morgan fingerprint density at radius 2 is 1.78 bits per heavy atom. The average molecular weight is 362 g/mol. The van der Waals surface area contributed by atoms with Gasteiger partial charge in [0.1, 0.15) is 5.82 Å². The maximum absolute atomic E-state index is 13.3. The van der Waals surface area contributed by atoms with E-state index in [1.54, 1.807) is 29.5 Å². The summed E-state index contributed by atoms with van der Waals surface area (Å²) in [6.45, 7) is 3.72. The molecule has 4 rings (SSSR count). The molecule has 0 aliphatic carbocycles. The van der Waals surface area contributed by atoms with Gasteiger partial charge in [0.2, 0.25) is 5.91 Å². The average Bonchev–Trinajstić information content (AvgIpc) is 3.12. The van der Waals surface area contributed by atoms with E-state index in [1.165, 1.54) is 12.1 Å². The largest absolute Gasteiger partial charge is 0.273 e. The zero-order valence-corrected chi connectivity index (χ0v) is 15.1. The van der Waals surface area contributed by atoms with Crippen LogP contribution in [0.2, 0.25) is 0 Å². The Morgan fingerprint density at radius 3 is 2.48 bits per heavy atom. The zero-order valence-electron chi connectivity index (χ0n) is 15.1. The minimum Gasteiger partial charge on any atom is -0.273 e. The van der Waals surface area contributed by atoms with Crippen LogP contribution in [-0.4, -0.2) is 26.6 Å². The van der Waals surface area contributed by atoms with E-state index in [0.717, 1.165) is 27.9 Å². The third-order valence-corrected chi connectivity index (χ3v) is 4.69. The maximum Gasteiger partial charge on any atom is 0.245 e. The number of hydrogen-bond donors (Lipinski definition) is 0. The Labute approximate surface area is 156 Å². The molecule has 2 aromatic carbocycles. The van der Waals surface area contributed by atoms with Crippen LogP contribution in [0.5, 0.6) is 0 Å². The molecular weight excluding hydrogens is 343 g/mol. The Hall–Kier alpha value is -3.15. The summed E-state index contributed by atoms with van der Waals surface area (Å²) in [6.07, 6.45) is 3.87. The van der Waals surface area contributed by atoms with Gasteiger partial charge in [-0.1, -0.05) is 32.0 Å². The molecule has 5 nitrogen and oxygen atoms in total. The molecular formula is C21H19FN4O. The number of nitrogens with zero attached hydrogens (tertiary/aromatic N) is 4. The highest BCUT2D eigenvalue weighted by Gasteiger charge is 2.34. The predicted molar refractivity (Wildman–Crippen MR) is 102 cm³/mol. The van der Waals surface area contributed by atoms with Crippen LogP contribution in [0.15, 0.2) is 60.0 Å². The number of fused-ring (bicyclic) bond motifs is 1. The number of carbonyl (C=O) groups excluding carboxylic acids is 1. The number of benzene rings is 2. The van der Waals surface area contributed by atoms with Crippen molar-refractivity contribution in [2.45, 2.75) is 26.3 Å². The van der Waals surface area contributed by atoms with E-state index in [9.17, 15) is 9.18 Å². The van der Waals surface area contributed by atoms with Gasteiger partial charge >= 0.3 is 0 Å². The van der Waals surface area contributed by atoms with Crippen molar-refractivity contribution in [1.29, 1.82) is 0 Å². The molecule has 1 atom stereocenters. The van der Waals surface area contributed by atoms with Crippen molar-refractivity contribution in [2.24, 2.45) is 11.0 Å². The fourth-order valence-electron chi connectivity index (χ4n) is 3.24. The van der Waals surface area contributed by atoms with Crippen LogP contribution in [-0.2, 0) is 4.79 Å². The fourth-order valence-corrected chi connectivity index (χ4v) is 3.24. The lowest BCUT2D eigenvalue weighted by Gasteiger charge is -2.23. The van der Waals surface area contributed by atoms with Gasteiger partial charge in [0.15, 0.2) is 0 Å². The van der Waals surface area contributed by atoms with E-state index in [0.29, 0.717) is 6.42 Å². The molecule has 0 bridgehead atoms. The molecule has 1 amide bonds. The third-order valence-electron chi connectivity index (χ3n) is 4.69. The SMILES string of the molecule is CC(C)C(=O)N1N=C(c2ccc(F)cc2)CC1c1ccc2nccnc2c1. The minimum absolute atomic E-state index is 0.0450. The highest BCUT2D eigenvalue weighted by Crippen LogP contribution is 2.34. The molecule has 1 aliphatic heterocycles. The van der Waals surface area contributed by atoms with E-state index >= 15 is 0 Å². The van der Waals surface area contributed by atoms with Gasteiger partial charge in [0.25, 0.3) is 0 Å². The number of amides is 1. The first-order chi connectivity index (χ1) is 13.0. The zero-order chi connectivity index (χ0) is 19.0. The van der Waals surface area contributed by atoms with Gasteiger partial charge in [0.05, 0.1) is 22.8 Å². The van der Waals surface area contributed by atoms with Crippen LogP contribution in [0.25, 0.3) is 11.0 Å². The van der Waals surface area contributed by atoms with Crippen molar-refractivity contribution in [3.8, 4) is 0 Å². The van der Waals surface area contributed by atoms with E-state index in [4.69, 9.17) is 0 Å². The number of carbonyl (C=O) groups is 1. The normalized spacial score (nSPS) is 16.8. The lowest BCUT2D eigenvalue weighted by molar-refractivity contribution is -0.136. The van der Waals surface area contributed by atoms with Gasteiger partial charge < -0.3 is 0 Å². The van der Waals surface area contributed by atoms with Crippen molar-refractivity contribution in [3.63, 3.8) is 0 Å². The Bertz CT molecular complexity index is 1030. The van der Waals surface area contributed by atoms with Crippen LogP contribution >= 0.6 is 0 Å². The van der Waals surface area contributed by atoms with E-state index in [1.807, 2.05) is 32.0 Å². The quantitative estimate of drug-likeness (QED) is 0.705. The van der Waals surface area contributed by atoms with E-state index in [-0.39, 0.29) is 23.7 Å². The van der Waals surface area contributed by atoms with Gasteiger partial charge in [-0.2, -0.15) is 5.10 Å². The number of halogens is 1. The molecule has 27 heavy (non-hydrogen) atoms. The molecule has 0 N–H and O–H groups in total. The first kappa shape index (κ1) is 17.3. The molecule has 0 saturated carbocycles. The second-order valence-electron chi connectivity index (χ2n) is 6.92. The highest BCUT2D eigenvalue weighted by molar-refractivity contribution is 6.03. The summed E-state index contributed by atoms with van der Waals surface area (Å²) in [4.78, 5) is 21.4. The maximum atomic E-state index is 13.3. The molecule has 2 heterocycles. The van der Waals surface area contributed by atoms with Crippen molar-refractivity contribution in [3.05, 3.63) is 71.8 Å². The Balaban J connectivity index is 1.73. The molecule has 136 valence electrons. The van der Waals surface area contributed by atoms with Crippen LogP contribution in [0, 0.1) is 11.7 Å². The van der Waals surface area contributed by atoms with Gasteiger partial charge in [-0.15, -0.1) is 0 Å². The van der Waals surface area contributed by atoms with Gasteiger partial charge in [-0.25, -0.2) is 9.40 Å². The van der Waals surface area contributed by atoms with Crippen molar-refractivity contribution in [1.82, 2.24) is 15.0 Å². The molecule has 3 aromatic rings. The molecule has 6 heteroatoms. The van der Waals surface area contributed by atoms with Crippen molar-refractivity contribution in [2.75, 3.05) is 0 Å². The summed E-state index contributed by atoms with van der Waals surface area (Å²) in [5.41, 5.74) is 4.13. The lowest BCUT2D eigenvalue weighted by atomic mass is 9.97. The molecule has 0 saturated heterocycles. The summed E-state index contributed by atoms with van der Waals surface area (Å²) in [7, 11) is 0. The second kappa shape index (κ2) is 6.87. The number of hydrazone groups is 1. The topological polar surface area (TPSA) is 58.5 Å². The second-order valence-corrected chi connectivity index (χ2v) is 6.92. The standard InChI is InChI=1S/C21H19FN4O/c1-13(2)21(27)26-20(12-18(25-26)14-3-6-16(22)7-4-14)15-5-8-17-19(11-15)24-10-9-23-17/h3-11,13,20H,12H2,1-2H3. The molecule has 1 unspecified atom stereocenters. The minimum atomic E-state index is -0.294. The number of rotatable bonds is 3. The molecule has 0 spiro atoms. The summed E-state index contributed by atoms with van der Waals surface area (Å²) < 4.78 is 13.3. The lowest BCUT2D eigenvalue weighted by Crippen LogP contribution is -2.30.